The number of nitrogens with one attached hydrogen (secondary N) is 1. The molecule has 0 radical (unpaired) electrons. The first-order valence-electron chi connectivity index (χ1n) is 47.1. The van der Waals surface area contributed by atoms with Crippen LogP contribution in [0.4, 0.5) is 34.4 Å². The summed E-state index contributed by atoms with van der Waals surface area (Å²) in [6, 6.07) is 50.8. The minimum atomic E-state index is -2.86. The number of pyridine rings is 6. The Morgan fingerprint density at radius 2 is 0.669 bits per heavy atom. The Balaban J connectivity index is 0.000000116. The first kappa shape index (κ1) is 102. The predicted molar refractivity (Wildman–Crippen MR) is 557 cm³/mol. The largest absolute Gasteiger partial charge is 0.472 e. The molecule has 0 amide bonds. The van der Waals surface area contributed by atoms with Crippen LogP contribution in [0.3, 0.4) is 0 Å². The number of aliphatic hydroxyl groups is 4. The van der Waals surface area contributed by atoms with E-state index >= 15 is 0 Å². The van der Waals surface area contributed by atoms with E-state index in [9.17, 15) is 37.3 Å². The van der Waals surface area contributed by atoms with Gasteiger partial charge in [0, 0.05) is 136 Å². The van der Waals surface area contributed by atoms with Crippen LogP contribution in [-0.4, -0.2) is 305 Å². The maximum atomic E-state index is 12.0. The van der Waals surface area contributed by atoms with Crippen LogP contribution in [0.1, 0.15) is 28.3 Å². The zero-order valence-corrected chi connectivity index (χ0v) is 86.6. The summed E-state index contributed by atoms with van der Waals surface area (Å²) < 4.78 is 137. The summed E-state index contributed by atoms with van der Waals surface area (Å²) in [5, 5.41) is 50.0. The molecule has 24 rings (SSSR count). The van der Waals surface area contributed by atoms with Crippen molar-refractivity contribution in [3.8, 4) is 90.2 Å². The average Bonchev–Trinajstić information content (AvgIpc) is 1.64. The maximum absolute atomic E-state index is 12.0. The fourth-order valence-corrected chi connectivity index (χ4v) is 21.7. The van der Waals surface area contributed by atoms with E-state index < -0.39 is 63.3 Å². The Morgan fingerprint density at radius 1 is 0.345 bits per heavy atom. The van der Waals surface area contributed by atoms with Crippen molar-refractivity contribution < 1.29 is 94.1 Å². The molecule has 0 spiro atoms. The molecule has 38 nitrogen and oxygen atoms in total. The average molecular weight is 2170 g/mol. The van der Waals surface area contributed by atoms with Gasteiger partial charge in [0.05, 0.1) is 205 Å². The lowest BCUT2D eigenvalue weighted by Crippen LogP contribution is -2.34. The van der Waals surface area contributed by atoms with Crippen LogP contribution in [0.25, 0.3) is 90.2 Å². The molecule has 4 aromatic carbocycles. The highest BCUT2D eigenvalue weighted by molar-refractivity contribution is 7.93. The van der Waals surface area contributed by atoms with Crippen LogP contribution in [0.5, 0.6) is 0 Å². The molecular formula is C102H98Cl4N18O20S4. The molecule has 5 N–H and O–H groups in total. The number of aliphatic imine (C=N–C) groups is 4. The summed E-state index contributed by atoms with van der Waals surface area (Å²) >= 11 is 26.3. The number of aromatic nitrogens is 10. The Hall–Kier alpha value is -11.7. The summed E-state index contributed by atoms with van der Waals surface area (Å²) in [6.07, 6.45) is 10.7. The van der Waals surface area contributed by atoms with Crippen molar-refractivity contribution in [3.05, 3.63) is 231 Å². The van der Waals surface area contributed by atoms with Crippen LogP contribution in [0.15, 0.2) is 220 Å². The number of hydrogen-bond acceptors (Lipinski definition) is 38. The van der Waals surface area contributed by atoms with Crippen molar-refractivity contribution >= 4 is 143 Å². The number of fused-ring (bicyclic) bond motifs is 8. The van der Waals surface area contributed by atoms with Gasteiger partial charge in [-0.2, -0.15) is 8.73 Å². The molecule has 148 heavy (non-hydrogen) atoms. The molecule has 17 atom stereocenters. The van der Waals surface area contributed by atoms with E-state index in [-0.39, 0.29) is 105 Å². The van der Waals surface area contributed by atoms with Crippen molar-refractivity contribution in [2.75, 3.05) is 96.6 Å². The van der Waals surface area contributed by atoms with E-state index in [1.54, 1.807) is 80.1 Å². The standard InChI is InChI=1S/C27H27ClN4O5S.C26H25ClN4O5S.C25H24ClN5O5S.C24H22ClN5O5S/c1-38(2,34)30-12-15-3-8-19(29-11-15)16-4-6-17(7-5-16)25-18(28)9-20-21(32-25)10-24(31-20)37-23-14-36-26-22(33)13-35-27(23)26;1-37(2,33)31-22-5-3-4-17(28-22)14-6-8-15(9-7-14)24-16(27)10-18-19(30-24)11-23(29-18)36-21-13-35-25-20(32)12-34-26(21)25;1-37(2,33)31-21-8-7-16(29-30-21)13-3-5-14(6-4-13)23-15(26)9-17-18(28-23)10-22(27-17)36-20-12-35-24-19(32)11-34-25(20)24;1-36(26,32)14-8-27-24(28-9-14)13-4-2-12(3-5-13)21-15(25)6-16-17(30-21)7-20(29-16)35-19-11-34-22-18(31)10-33-23(19)22/h3-9,11,22-23,26-27,33H,10,12-14H2,1-2H3;3-10,20-21,25-26,32H,11-13H2,1-2H3;3-9,19-20,24-25,32H,10-12H2,1-2H3;2-6,8-9,18-19,22-23,26,31H,7,10-11H2,1H3/t22-,23-,26-,27-;20-,21-,25-,26-;19-,20-,24-,25-;18-,19-,22-,23-,36?/m1111/s1. The van der Waals surface area contributed by atoms with Gasteiger partial charge in [0.2, 0.25) is 0 Å². The topological polar surface area (TPSA) is 499 Å². The molecule has 12 aliphatic rings. The summed E-state index contributed by atoms with van der Waals surface area (Å²) in [5.41, 5.74) is 18.4. The number of hydrogen-bond donors (Lipinski definition) is 5. The number of ether oxygens (including phenoxy) is 12. The van der Waals surface area contributed by atoms with Gasteiger partial charge in [-0.3, -0.25) is 9.19 Å². The molecule has 0 bridgehead atoms. The highest BCUT2D eigenvalue weighted by Crippen LogP contribution is 2.45. The first-order valence-corrected chi connectivity index (χ1v) is 57.6. The van der Waals surface area contributed by atoms with E-state index in [2.05, 4.69) is 63.2 Å². The van der Waals surface area contributed by atoms with Crippen LogP contribution < -0.4 is 0 Å². The molecule has 8 saturated heterocycles. The van der Waals surface area contributed by atoms with Crippen molar-refractivity contribution in [2.24, 2.45) is 33.1 Å². The van der Waals surface area contributed by atoms with E-state index in [1.807, 2.05) is 127 Å². The predicted octanol–water partition coefficient (Wildman–Crippen LogP) is 14.1. The van der Waals surface area contributed by atoms with Gasteiger partial charge in [-0.25, -0.2) is 76.6 Å². The third-order valence-corrected chi connectivity index (χ3v) is 30.0. The van der Waals surface area contributed by atoms with Gasteiger partial charge < -0.3 is 77.3 Å². The lowest BCUT2D eigenvalue weighted by molar-refractivity contribution is 0.00555. The smallest absolute Gasteiger partial charge is 0.195 e. The highest BCUT2D eigenvalue weighted by Gasteiger charge is 2.53. The van der Waals surface area contributed by atoms with E-state index in [0.29, 0.717) is 171 Å². The minimum absolute atomic E-state index is 0.240. The van der Waals surface area contributed by atoms with Crippen molar-refractivity contribution in [3.63, 3.8) is 0 Å². The van der Waals surface area contributed by atoms with E-state index in [0.717, 1.165) is 84.2 Å². The Bertz CT molecular complexity index is 7810. The summed E-state index contributed by atoms with van der Waals surface area (Å²) in [6.45, 7) is 2.73. The molecule has 46 heteroatoms. The molecular weight excluding hydrogens is 2070 g/mol. The zero-order chi connectivity index (χ0) is 103. The number of nitrogens with zero attached hydrogens (tertiary/aromatic N) is 17. The summed E-state index contributed by atoms with van der Waals surface area (Å²) in [5.74, 6) is 3.36. The van der Waals surface area contributed by atoms with Crippen molar-refractivity contribution in [1.29, 1.82) is 4.78 Å². The molecule has 1 unspecified atom stereocenters. The van der Waals surface area contributed by atoms with Crippen LogP contribution in [-0.2, 0) is 128 Å². The monoisotopic (exact) mass is 2160 g/mol. The Kier molecular flexibility index (Phi) is 29.2. The fourth-order valence-electron chi connectivity index (χ4n) is 18.6. The first-order chi connectivity index (χ1) is 71.0. The van der Waals surface area contributed by atoms with Gasteiger partial charge in [-0.15, -0.1) is 10.2 Å². The molecule has 8 fully saturated rings. The molecule has 12 aliphatic heterocycles. The van der Waals surface area contributed by atoms with Crippen LogP contribution in [0.2, 0.25) is 20.1 Å². The van der Waals surface area contributed by atoms with Crippen LogP contribution >= 0.6 is 46.4 Å². The molecule has 8 aromatic heterocycles. The molecule has 0 aliphatic carbocycles. The normalized spacial score (nSPS) is 24.8. The highest BCUT2D eigenvalue weighted by atomic mass is 35.5. The second-order valence-corrected chi connectivity index (χ2v) is 49.3. The second-order valence-electron chi connectivity index (χ2n) is 37.8. The summed E-state index contributed by atoms with van der Waals surface area (Å²) in [7, 11) is -9.59. The third-order valence-electron chi connectivity index (χ3n) is 25.7. The van der Waals surface area contributed by atoms with Crippen LogP contribution in [0, 0.1) is 4.78 Å². The fraction of sp³-hybridized carbons (Fsp3) is 0.353. The second kappa shape index (κ2) is 42.3. The lowest BCUT2D eigenvalue weighted by Gasteiger charge is -2.17. The van der Waals surface area contributed by atoms with Crippen molar-refractivity contribution in [1.82, 2.24) is 50.1 Å². The Labute approximate surface area is 871 Å². The third kappa shape index (κ3) is 23.0. The van der Waals surface area contributed by atoms with Gasteiger partial charge in [0.25, 0.3) is 0 Å². The lowest BCUT2D eigenvalue weighted by atomic mass is 10.0. The zero-order valence-electron chi connectivity index (χ0n) is 80.3. The number of rotatable bonds is 17. The quantitative estimate of drug-likeness (QED) is 0.0565. The molecule has 0 saturated carbocycles. The van der Waals surface area contributed by atoms with Gasteiger partial charge in [-0.05, 0) is 60.2 Å². The van der Waals surface area contributed by atoms with Gasteiger partial charge >= 0.3 is 0 Å². The minimum Gasteiger partial charge on any atom is -0.472 e. The number of aliphatic hydroxyl groups excluding tert-OH is 4. The maximum Gasteiger partial charge on any atom is 0.195 e. The number of halogens is 4. The Morgan fingerprint density at radius 3 is 0.993 bits per heavy atom. The van der Waals surface area contributed by atoms with Gasteiger partial charge in [-0.1, -0.05) is 156 Å². The molecule has 20 heterocycles. The number of benzene rings is 4. The SMILES string of the molecule is CS(=N)(=O)c1cnc(-c2ccc(-c3nc4c(cc3Cl)N=C(O[C@@H]3CO[C@H]5[C@@H]3OC[C@H]5O)C4)cc2)nc1.CS(C)(=O)=NCc1ccc(-c2ccc(-c3nc4c(cc3Cl)N=C(O[C@@H]3CO[C@H]5[C@@H]3OC[C@H]5O)C4)cc2)nc1.CS(C)(=O)=Nc1ccc(-c2ccc(-c3nc4c(cc3Cl)N=C(O[C@@H]3CO[C@H]5[C@@H]3OC[C@H]5O)C4)cc2)nn1.CS(C)(=O)=Nc1cccc(-c2ccc(-c3nc4c(cc3Cl)N=C(O[C@@H]3CO[C@H]5[C@@H]3OC[C@H]5O)C4)cc2)n1. The molecule has 12 aromatic rings. The van der Waals surface area contributed by atoms with Gasteiger partial charge in [0.15, 0.2) is 65.5 Å². The summed E-state index contributed by atoms with van der Waals surface area (Å²) in [4.78, 5) is 55.2. The van der Waals surface area contributed by atoms with E-state index in [1.165, 1.54) is 18.6 Å². The van der Waals surface area contributed by atoms with Gasteiger partial charge in [0.1, 0.15) is 73.2 Å². The molecule has 768 valence electrons. The van der Waals surface area contributed by atoms with Crippen molar-refractivity contribution in [2.45, 2.75) is 135 Å². The van der Waals surface area contributed by atoms with E-state index in [4.69, 9.17) is 128 Å².